The van der Waals surface area contributed by atoms with Crippen LogP contribution in [0, 0.1) is 0 Å². The molecule has 0 bridgehead atoms. The van der Waals surface area contributed by atoms with Gasteiger partial charge in [0.15, 0.2) is 0 Å². The van der Waals surface area contributed by atoms with E-state index < -0.39 is 0 Å². The molecule has 0 aliphatic heterocycles. The molecule has 18 heavy (non-hydrogen) atoms. The standard InChI is InChI=1S/C12H8N2.CH2O2.Li.H/c1-3-9-5-6-10-4-2-8-14-12(10)11(9)13-7-1;2-1-3;;/h1-8H;1H,(H,2,3);;/q;;+1;-1. The quantitative estimate of drug-likeness (QED) is 0.326. The van der Waals surface area contributed by atoms with E-state index in [4.69, 9.17) is 9.90 Å². The summed E-state index contributed by atoms with van der Waals surface area (Å²) in [5.41, 5.74) is 1.95. The first-order valence-corrected chi connectivity index (χ1v) is 5.03. The molecule has 0 unspecified atom stereocenters. The van der Waals surface area contributed by atoms with Gasteiger partial charge in [0.05, 0.1) is 11.0 Å². The summed E-state index contributed by atoms with van der Waals surface area (Å²) in [5, 5.41) is 9.16. The second-order valence-corrected chi connectivity index (χ2v) is 3.32. The van der Waals surface area contributed by atoms with E-state index in [2.05, 4.69) is 34.2 Å². The summed E-state index contributed by atoms with van der Waals surface area (Å²) in [6, 6.07) is 12.1. The molecule has 0 fully saturated rings. The molecule has 0 radical (unpaired) electrons. The van der Waals surface area contributed by atoms with Gasteiger partial charge in [0.1, 0.15) is 0 Å². The minimum Gasteiger partial charge on any atom is -1.00 e. The van der Waals surface area contributed by atoms with E-state index >= 15 is 0 Å². The Morgan fingerprint density at radius 3 is 1.72 bits per heavy atom. The Balaban J connectivity index is 0.000000598. The molecule has 3 rings (SSSR count). The van der Waals surface area contributed by atoms with E-state index in [-0.39, 0.29) is 26.8 Å². The van der Waals surface area contributed by atoms with Crippen LogP contribution in [0.25, 0.3) is 21.8 Å². The smallest absolute Gasteiger partial charge is 1.00 e. The molecule has 1 N–H and O–H groups in total. The maximum absolute atomic E-state index is 8.36. The van der Waals surface area contributed by atoms with E-state index in [1.54, 1.807) is 12.4 Å². The maximum atomic E-state index is 8.36. The monoisotopic (exact) mass is 234 g/mol. The van der Waals surface area contributed by atoms with Gasteiger partial charge in [0.2, 0.25) is 0 Å². The third-order valence-electron chi connectivity index (χ3n) is 2.34. The van der Waals surface area contributed by atoms with Gasteiger partial charge in [-0.2, -0.15) is 0 Å². The van der Waals surface area contributed by atoms with Crippen molar-refractivity contribution < 1.29 is 30.2 Å². The van der Waals surface area contributed by atoms with Crippen molar-refractivity contribution in [2.45, 2.75) is 0 Å². The van der Waals surface area contributed by atoms with Crippen LogP contribution in [0.4, 0.5) is 0 Å². The predicted octanol–water partition coefficient (Wildman–Crippen LogP) is -0.400. The summed E-state index contributed by atoms with van der Waals surface area (Å²) in [7, 11) is 0. The molecular formula is C13H11LiN2O2. The zero-order valence-corrected chi connectivity index (χ0v) is 9.95. The summed E-state index contributed by atoms with van der Waals surface area (Å²) in [5.74, 6) is 0. The van der Waals surface area contributed by atoms with Crippen molar-refractivity contribution in [1.29, 1.82) is 0 Å². The molecular weight excluding hydrogens is 223 g/mol. The number of hydrogen-bond acceptors (Lipinski definition) is 3. The molecule has 0 spiro atoms. The van der Waals surface area contributed by atoms with Gasteiger partial charge in [-0.3, -0.25) is 14.8 Å². The van der Waals surface area contributed by atoms with Gasteiger partial charge < -0.3 is 6.53 Å². The summed E-state index contributed by atoms with van der Waals surface area (Å²) in [6.07, 6.45) is 3.60. The molecule has 5 heteroatoms. The normalized spacial score (nSPS) is 9.11. The second-order valence-electron chi connectivity index (χ2n) is 3.32. The van der Waals surface area contributed by atoms with E-state index in [0.29, 0.717) is 0 Å². The molecule has 2 aromatic heterocycles. The SMILES string of the molecule is O=CO.[H-].[Li+].c1cnc2c(c1)ccc1cccnc12. The number of fused-ring (bicyclic) bond motifs is 3. The number of aromatic nitrogens is 2. The maximum Gasteiger partial charge on any atom is 1.00 e. The van der Waals surface area contributed by atoms with Gasteiger partial charge in [-0.1, -0.05) is 24.3 Å². The molecule has 3 aromatic rings. The molecule has 0 saturated heterocycles. The van der Waals surface area contributed by atoms with Crippen LogP contribution in [0.5, 0.6) is 0 Å². The van der Waals surface area contributed by atoms with Crippen molar-refractivity contribution in [3.63, 3.8) is 0 Å². The van der Waals surface area contributed by atoms with Crippen LogP contribution in [-0.2, 0) is 4.79 Å². The number of pyridine rings is 2. The Hall–Kier alpha value is -1.89. The van der Waals surface area contributed by atoms with Crippen molar-refractivity contribution in [3.05, 3.63) is 48.8 Å². The third-order valence-corrected chi connectivity index (χ3v) is 2.34. The van der Waals surface area contributed by atoms with Gasteiger partial charge in [0.25, 0.3) is 6.47 Å². The fraction of sp³-hybridized carbons (Fsp3) is 0. The summed E-state index contributed by atoms with van der Waals surface area (Å²) < 4.78 is 0. The Labute approximate surface area is 117 Å². The van der Waals surface area contributed by atoms with Gasteiger partial charge in [0, 0.05) is 23.2 Å². The van der Waals surface area contributed by atoms with Crippen molar-refractivity contribution in [1.82, 2.24) is 9.97 Å². The van der Waals surface area contributed by atoms with Crippen molar-refractivity contribution in [3.8, 4) is 0 Å². The van der Waals surface area contributed by atoms with Gasteiger partial charge in [-0.05, 0) is 12.1 Å². The van der Waals surface area contributed by atoms with E-state index in [1.807, 2.05) is 12.1 Å². The molecule has 0 aliphatic carbocycles. The first-order valence-electron chi connectivity index (χ1n) is 5.03. The van der Waals surface area contributed by atoms with Crippen LogP contribution in [0.2, 0.25) is 0 Å². The first-order chi connectivity index (χ1) is 8.36. The van der Waals surface area contributed by atoms with Crippen LogP contribution in [0.1, 0.15) is 1.43 Å². The van der Waals surface area contributed by atoms with Gasteiger partial charge in [-0.15, -0.1) is 0 Å². The van der Waals surface area contributed by atoms with Crippen LogP contribution in [0.3, 0.4) is 0 Å². The average Bonchev–Trinajstić information content (AvgIpc) is 2.40. The summed E-state index contributed by atoms with van der Waals surface area (Å²) in [6.45, 7) is -0.250. The molecule has 4 nitrogen and oxygen atoms in total. The van der Waals surface area contributed by atoms with Crippen LogP contribution in [0.15, 0.2) is 48.8 Å². The van der Waals surface area contributed by atoms with Crippen molar-refractivity contribution in [2.75, 3.05) is 0 Å². The fourth-order valence-electron chi connectivity index (χ4n) is 1.68. The first kappa shape index (κ1) is 14.2. The number of rotatable bonds is 0. The Morgan fingerprint density at radius 1 is 0.944 bits per heavy atom. The number of carbonyl (C=O) groups is 1. The predicted molar refractivity (Wildman–Crippen MR) is 66.8 cm³/mol. The van der Waals surface area contributed by atoms with Crippen molar-refractivity contribution in [2.24, 2.45) is 0 Å². The number of nitrogens with zero attached hydrogens (tertiary/aromatic N) is 2. The molecule has 0 amide bonds. The van der Waals surface area contributed by atoms with E-state index in [1.165, 1.54) is 0 Å². The Morgan fingerprint density at radius 2 is 1.33 bits per heavy atom. The van der Waals surface area contributed by atoms with Gasteiger partial charge >= 0.3 is 18.9 Å². The fourth-order valence-corrected chi connectivity index (χ4v) is 1.68. The number of hydrogen-bond donors (Lipinski definition) is 1. The molecule has 86 valence electrons. The van der Waals surface area contributed by atoms with E-state index in [0.717, 1.165) is 21.8 Å². The van der Waals surface area contributed by atoms with Crippen molar-refractivity contribution >= 4 is 28.3 Å². The Bertz CT molecular complexity index is 609. The van der Waals surface area contributed by atoms with Gasteiger partial charge in [-0.25, -0.2) is 0 Å². The third kappa shape index (κ3) is 2.86. The molecule has 0 atom stereocenters. The Kier molecular flexibility index (Phi) is 5.31. The van der Waals surface area contributed by atoms with Crippen LogP contribution >= 0.6 is 0 Å². The topological polar surface area (TPSA) is 63.1 Å². The largest absolute Gasteiger partial charge is 1.00 e. The second kappa shape index (κ2) is 6.75. The minimum atomic E-state index is -0.250. The van der Waals surface area contributed by atoms with Crippen LogP contribution < -0.4 is 18.9 Å². The average molecular weight is 234 g/mol. The molecule has 0 aliphatic rings. The summed E-state index contributed by atoms with van der Waals surface area (Å²) >= 11 is 0. The zero-order valence-electron chi connectivity index (χ0n) is 10.9. The zero-order chi connectivity index (χ0) is 12.1. The number of carboxylic acid groups (broad SMARTS) is 1. The summed E-state index contributed by atoms with van der Waals surface area (Å²) in [4.78, 5) is 17.1. The molecule has 0 saturated carbocycles. The minimum absolute atomic E-state index is 0. The molecule has 2 heterocycles. The number of benzene rings is 1. The van der Waals surface area contributed by atoms with Crippen LogP contribution in [-0.4, -0.2) is 21.5 Å². The molecule has 1 aromatic carbocycles. The van der Waals surface area contributed by atoms with E-state index in [9.17, 15) is 0 Å².